The van der Waals surface area contributed by atoms with Gasteiger partial charge in [0.25, 0.3) is 0 Å². The van der Waals surface area contributed by atoms with Crippen molar-refractivity contribution in [1.82, 2.24) is 45.0 Å². The van der Waals surface area contributed by atoms with Gasteiger partial charge in [0.05, 0.1) is 0 Å². The molecule has 9 nitrogen and oxygen atoms in total. The molecule has 9 rings (SSSR count). The van der Waals surface area contributed by atoms with Gasteiger partial charge in [0.1, 0.15) is 33.1 Å². The Bertz CT molecular complexity index is 2250. The van der Waals surface area contributed by atoms with Gasteiger partial charge in [0.15, 0.2) is 0 Å². The first kappa shape index (κ1) is 36.0. The third-order valence-electron chi connectivity index (χ3n) is 8.99. The smallest absolute Gasteiger partial charge is 0.206 e. The van der Waals surface area contributed by atoms with Gasteiger partial charge < -0.3 is 0 Å². The molecule has 0 spiro atoms. The summed E-state index contributed by atoms with van der Waals surface area (Å²) in [5.74, 6) is 0. The number of rotatable bonds is 3. The first-order valence-electron chi connectivity index (χ1n) is 16.7. The zero-order chi connectivity index (χ0) is 35.5. The van der Waals surface area contributed by atoms with Crippen LogP contribution in [0.1, 0.15) is 33.4 Å². The van der Waals surface area contributed by atoms with E-state index in [4.69, 9.17) is 0 Å². The SMILES string of the molecule is Cc1c[c-]cc(-n2nc3ccccc3n2)c1C.Cc1c[c-]cc(-n2nc3ccccc3n2)c1C.Cc1c[c-]cc(-n2nc3ccccc3n2)c1C.[Ir+3]. The van der Waals surface area contributed by atoms with Crippen molar-refractivity contribution in [2.45, 2.75) is 41.5 Å². The van der Waals surface area contributed by atoms with E-state index in [1.165, 1.54) is 33.4 Å². The molecule has 0 aliphatic heterocycles. The number of aryl methyl sites for hydroxylation is 3. The second kappa shape index (κ2) is 15.6. The predicted octanol–water partition coefficient (Wildman–Crippen LogP) is 8.51. The van der Waals surface area contributed by atoms with E-state index < -0.39 is 0 Å². The zero-order valence-corrected chi connectivity index (χ0v) is 32.1. The summed E-state index contributed by atoms with van der Waals surface area (Å²) < 4.78 is 0. The molecule has 0 aliphatic carbocycles. The van der Waals surface area contributed by atoms with Gasteiger partial charge >= 0.3 is 20.1 Å². The Morgan fingerprint density at radius 1 is 0.346 bits per heavy atom. The van der Waals surface area contributed by atoms with Crippen molar-refractivity contribution in [3.63, 3.8) is 0 Å². The van der Waals surface area contributed by atoms with Crippen LogP contribution in [0.2, 0.25) is 0 Å². The van der Waals surface area contributed by atoms with Crippen LogP contribution in [0.5, 0.6) is 0 Å². The molecule has 9 aromatic rings. The van der Waals surface area contributed by atoms with Crippen LogP contribution in [0.4, 0.5) is 0 Å². The molecule has 6 aromatic carbocycles. The molecule has 0 amide bonds. The summed E-state index contributed by atoms with van der Waals surface area (Å²) in [6, 6.07) is 44.6. The molecule has 3 aromatic heterocycles. The van der Waals surface area contributed by atoms with Crippen molar-refractivity contribution in [3.8, 4) is 17.1 Å². The van der Waals surface area contributed by atoms with Gasteiger partial charge in [-0.3, -0.25) is 0 Å². The van der Waals surface area contributed by atoms with E-state index in [0.29, 0.717) is 0 Å². The first-order chi connectivity index (χ1) is 24.8. The first-order valence-corrected chi connectivity index (χ1v) is 16.7. The predicted molar refractivity (Wildman–Crippen MR) is 202 cm³/mol. The molecule has 258 valence electrons. The molecule has 0 saturated carbocycles. The Kier molecular flexibility index (Phi) is 10.8. The molecule has 3 heterocycles. The molecule has 0 saturated heterocycles. The molecule has 0 N–H and O–H groups in total. The number of hydrogen-bond acceptors (Lipinski definition) is 6. The average Bonchev–Trinajstić information content (AvgIpc) is 3.89. The number of fused-ring (bicyclic) bond motifs is 3. The molecule has 0 bridgehead atoms. The van der Waals surface area contributed by atoms with Gasteiger partial charge in [-0.2, -0.15) is 83.7 Å². The molecule has 0 radical (unpaired) electrons. The van der Waals surface area contributed by atoms with Crippen molar-refractivity contribution in [3.05, 3.63) is 161 Å². The number of aromatic nitrogens is 9. The fourth-order valence-corrected chi connectivity index (χ4v) is 5.52. The summed E-state index contributed by atoms with van der Waals surface area (Å²) in [4.78, 5) is 5.05. The minimum absolute atomic E-state index is 0. The quantitative estimate of drug-likeness (QED) is 0.166. The minimum Gasteiger partial charge on any atom is -0.206 e. The van der Waals surface area contributed by atoms with Crippen LogP contribution in [-0.2, 0) is 20.1 Å². The maximum Gasteiger partial charge on any atom is 3.00 e. The Balaban J connectivity index is 0.000000133. The summed E-state index contributed by atoms with van der Waals surface area (Å²) in [6.45, 7) is 12.4. The van der Waals surface area contributed by atoms with E-state index in [9.17, 15) is 0 Å². The van der Waals surface area contributed by atoms with Crippen molar-refractivity contribution in [2.75, 3.05) is 0 Å². The molecule has 0 fully saturated rings. The van der Waals surface area contributed by atoms with Crippen molar-refractivity contribution >= 4 is 33.1 Å². The Morgan fingerprint density at radius 3 is 0.769 bits per heavy atom. The number of nitrogens with zero attached hydrogens (tertiary/aromatic N) is 9. The monoisotopic (exact) mass is 859 g/mol. The standard InChI is InChI=1S/3C14H12N3.Ir/c3*1-10-6-5-9-14(11(10)2)17-15-12-7-3-4-8-13(12)16-17;/h3*3-4,6-9H,1-2H3;/q3*-1;+3. The Hall–Kier alpha value is -5.83. The number of hydrogen-bond donors (Lipinski definition) is 0. The molecule has 52 heavy (non-hydrogen) atoms. The molecule has 0 unspecified atom stereocenters. The average molecular weight is 859 g/mol. The van der Waals surface area contributed by atoms with Crippen molar-refractivity contribution in [1.29, 1.82) is 0 Å². The van der Waals surface area contributed by atoms with Gasteiger partial charge in [0.2, 0.25) is 0 Å². The molecule has 0 aliphatic rings. The topological polar surface area (TPSA) is 92.1 Å². The second-order valence-corrected chi connectivity index (χ2v) is 12.4. The summed E-state index contributed by atoms with van der Waals surface area (Å²) >= 11 is 0. The normalized spacial score (nSPS) is 10.7. The van der Waals surface area contributed by atoms with Crippen LogP contribution in [0.25, 0.3) is 50.2 Å². The van der Waals surface area contributed by atoms with E-state index in [-0.39, 0.29) is 20.1 Å². The summed E-state index contributed by atoms with van der Waals surface area (Å²) in [5, 5.41) is 26.8. The van der Waals surface area contributed by atoms with Gasteiger partial charge in [-0.1, -0.05) is 77.9 Å². The van der Waals surface area contributed by atoms with E-state index in [2.05, 4.69) is 90.3 Å². The van der Waals surface area contributed by atoms with Crippen molar-refractivity contribution < 1.29 is 20.1 Å². The van der Waals surface area contributed by atoms with Gasteiger partial charge in [-0.15, -0.1) is 34.9 Å². The molecular formula is C42H36IrN9. The third kappa shape index (κ3) is 7.44. The van der Waals surface area contributed by atoms with Gasteiger partial charge in [0, 0.05) is 0 Å². The van der Waals surface area contributed by atoms with Crippen LogP contribution in [0.15, 0.2) is 109 Å². The number of benzene rings is 6. The van der Waals surface area contributed by atoms with Crippen LogP contribution in [0.3, 0.4) is 0 Å². The molecule has 10 heteroatoms. The maximum atomic E-state index is 4.47. The fraction of sp³-hybridized carbons (Fsp3) is 0.143. The van der Waals surface area contributed by atoms with E-state index in [0.717, 1.165) is 50.2 Å². The largest absolute Gasteiger partial charge is 3.00 e. The summed E-state index contributed by atoms with van der Waals surface area (Å²) in [7, 11) is 0. The fourth-order valence-electron chi connectivity index (χ4n) is 5.52. The van der Waals surface area contributed by atoms with E-state index >= 15 is 0 Å². The zero-order valence-electron chi connectivity index (χ0n) is 29.8. The Morgan fingerprint density at radius 2 is 0.558 bits per heavy atom. The Labute approximate surface area is 316 Å². The molecule has 0 atom stereocenters. The van der Waals surface area contributed by atoms with Crippen LogP contribution in [-0.4, -0.2) is 45.0 Å². The second-order valence-electron chi connectivity index (χ2n) is 12.4. The van der Waals surface area contributed by atoms with E-state index in [1.54, 1.807) is 14.4 Å². The van der Waals surface area contributed by atoms with Gasteiger partial charge in [-0.25, -0.2) is 14.4 Å². The van der Waals surface area contributed by atoms with Crippen molar-refractivity contribution in [2.24, 2.45) is 0 Å². The van der Waals surface area contributed by atoms with Crippen LogP contribution < -0.4 is 0 Å². The third-order valence-corrected chi connectivity index (χ3v) is 8.99. The van der Waals surface area contributed by atoms with Crippen LogP contribution in [0, 0.1) is 59.7 Å². The van der Waals surface area contributed by atoms with Gasteiger partial charge in [-0.05, 0) is 53.5 Å². The maximum absolute atomic E-state index is 4.47. The summed E-state index contributed by atoms with van der Waals surface area (Å²) in [5.41, 5.74) is 15.6. The molecular weight excluding hydrogens is 823 g/mol. The summed E-state index contributed by atoms with van der Waals surface area (Å²) in [6.07, 6.45) is 0. The van der Waals surface area contributed by atoms with E-state index in [1.807, 2.05) is 109 Å². The minimum atomic E-state index is 0. The van der Waals surface area contributed by atoms with Crippen LogP contribution >= 0.6 is 0 Å².